The van der Waals surface area contributed by atoms with Crippen LogP contribution in [0, 0.1) is 6.92 Å². The molecule has 0 spiro atoms. The zero-order valence-corrected chi connectivity index (χ0v) is 16.7. The van der Waals surface area contributed by atoms with Gasteiger partial charge in [-0.3, -0.25) is 9.59 Å². The lowest BCUT2D eigenvalue weighted by atomic mass is 10.1. The minimum absolute atomic E-state index is 0.0101. The highest BCUT2D eigenvalue weighted by molar-refractivity contribution is 7.13. The average Bonchev–Trinajstić information content (AvgIpc) is 3.35. The monoisotopic (exact) mass is 400 g/mol. The molecule has 2 saturated heterocycles. The lowest BCUT2D eigenvalue weighted by Gasteiger charge is -2.32. The zero-order chi connectivity index (χ0) is 19.5. The molecule has 148 valence electrons. The highest BCUT2D eigenvalue weighted by Gasteiger charge is 2.43. The van der Waals surface area contributed by atoms with Crippen LogP contribution < -0.4 is 4.74 Å². The third kappa shape index (κ3) is 4.05. The maximum Gasteiger partial charge on any atom is 0.264 e. The molecule has 0 unspecified atom stereocenters. The molecule has 7 heteroatoms. The van der Waals surface area contributed by atoms with Crippen LogP contribution in [0.15, 0.2) is 42.5 Å². The van der Waals surface area contributed by atoms with E-state index in [1.54, 1.807) is 9.80 Å². The molecule has 2 aliphatic heterocycles. The smallest absolute Gasteiger partial charge is 0.264 e. The molecule has 4 rings (SSSR count). The number of likely N-dealkylation sites (tertiary alicyclic amines) is 1. The first-order valence-electron chi connectivity index (χ1n) is 9.57. The zero-order valence-electron chi connectivity index (χ0n) is 15.9. The fourth-order valence-electron chi connectivity index (χ4n) is 3.72. The lowest BCUT2D eigenvalue weighted by molar-refractivity contribution is -0.139. The van der Waals surface area contributed by atoms with Gasteiger partial charge in [-0.15, -0.1) is 11.3 Å². The predicted octanol–water partition coefficient (Wildman–Crippen LogP) is 2.58. The number of morpholine rings is 1. The summed E-state index contributed by atoms with van der Waals surface area (Å²) < 4.78 is 11.4. The number of rotatable bonds is 4. The Kier molecular flexibility index (Phi) is 5.64. The van der Waals surface area contributed by atoms with Gasteiger partial charge in [0, 0.05) is 24.4 Å². The molecule has 0 N–H and O–H groups in total. The number of aryl methyl sites for hydroxylation is 1. The van der Waals surface area contributed by atoms with Crippen LogP contribution in [0.2, 0.25) is 0 Å². The molecule has 0 bridgehead atoms. The van der Waals surface area contributed by atoms with Crippen molar-refractivity contribution in [3.8, 4) is 5.75 Å². The van der Waals surface area contributed by atoms with Gasteiger partial charge < -0.3 is 19.3 Å². The van der Waals surface area contributed by atoms with Gasteiger partial charge in [0.25, 0.3) is 5.91 Å². The van der Waals surface area contributed by atoms with Gasteiger partial charge in [0.15, 0.2) is 0 Å². The maximum atomic E-state index is 13.2. The summed E-state index contributed by atoms with van der Waals surface area (Å²) in [7, 11) is 0. The van der Waals surface area contributed by atoms with Crippen molar-refractivity contribution >= 4 is 23.2 Å². The number of benzene rings is 1. The highest BCUT2D eigenvalue weighted by Crippen LogP contribution is 2.28. The summed E-state index contributed by atoms with van der Waals surface area (Å²) in [5, 5.41) is 0. The number of ether oxygens (including phenoxy) is 2. The van der Waals surface area contributed by atoms with Crippen molar-refractivity contribution in [3.63, 3.8) is 0 Å². The van der Waals surface area contributed by atoms with Crippen molar-refractivity contribution in [2.45, 2.75) is 25.5 Å². The topological polar surface area (TPSA) is 59.1 Å². The molecular formula is C21H24N2O4S. The number of hydrogen-bond donors (Lipinski definition) is 0. The van der Waals surface area contributed by atoms with Crippen LogP contribution in [0.5, 0.6) is 5.75 Å². The number of hydrogen-bond acceptors (Lipinski definition) is 5. The number of carbonyl (C=O) groups is 2. The van der Waals surface area contributed by atoms with E-state index in [0.717, 1.165) is 10.6 Å². The van der Waals surface area contributed by atoms with Gasteiger partial charge in [-0.2, -0.15) is 0 Å². The van der Waals surface area contributed by atoms with Crippen LogP contribution in [0.4, 0.5) is 0 Å². The Morgan fingerprint density at radius 2 is 1.86 bits per heavy atom. The normalized spacial score (nSPS) is 22.3. The van der Waals surface area contributed by atoms with E-state index in [2.05, 4.69) is 0 Å². The molecule has 2 atom stereocenters. The van der Waals surface area contributed by atoms with Gasteiger partial charge in [0.1, 0.15) is 17.9 Å². The Morgan fingerprint density at radius 1 is 1.11 bits per heavy atom. The molecule has 0 saturated carbocycles. The number of para-hydroxylation sites is 1. The Balaban J connectivity index is 1.54. The summed E-state index contributed by atoms with van der Waals surface area (Å²) in [4.78, 5) is 31.6. The van der Waals surface area contributed by atoms with Crippen LogP contribution >= 0.6 is 11.3 Å². The second kappa shape index (κ2) is 8.32. The highest BCUT2D eigenvalue weighted by atomic mass is 32.1. The molecule has 2 fully saturated rings. The minimum Gasteiger partial charge on any atom is -0.488 e. The molecule has 1 aromatic carbocycles. The molecule has 0 radical (unpaired) electrons. The molecule has 2 aromatic rings. The first-order valence-corrected chi connectivity index (χ1v) is 10.4. The molecule has 28 heavy (non-hydrogen) atoms. The molecule has 3 heterocycles. The fourth-order valence-corrected chi connectivity index (χ4v) is 4.54. The SMILES string of the molecule is Cc1ccc(C(=O)N2C[C@@H](Oc3ccccc3)C[C@H]2C(=O)N2CCOCC2)s1. The summed E-state index contributed by atoms with van der Waals surface area (Å²) in [6, 6.07) is 12.8. The number of nitrogens with zero attached hydrogens (tertiary/aromatic N) is 2. The third-order valence-corrected chi connectivity index (χ3v) is 6.12. The van der Waals surface area contributed by atoms with Crippen LogP contribution in [0.25, 0.3) is 0 Å². The van der Waals surface area contributed by atoms with Crippen molar-refractivity contribution in [1.82, 2.24) is 9.80 Å². The first kappa shape index (κ1) is 19.0. The van der Waals surface area contributed by atoms with Gasteiger partial charge in [-0.1, -0.05) is 18.2 Å². The molecule has 2 aliphatic rings. The van der Waals surface area contributed by atoms with E-state index >= 15 is 0 Å². The van der Waals surface area contributed by atoms with Crippen molar-refractivity contribution in [2.75, 3.05) is 32.8 Å². The predicted molar refractivity (Wildman–Crippen MR) is 107 cm³/mol. The fraction of sp³-hybridized carbons (Fsp3) is 0.429. The van der Waals surface area contributed by atoms with E-state index in [9.17, 15) is 9.59 Å². The number of thiophene rings is 1. The van der Waals surface area contributed by atoms with Crippen LogP contribution in [0.1, 0.15) is 21.0 Å². The van der Waals surface area contributed by atoms with E-state index in [1.165, 1.54) is 11.3 Å². The summed E-state index contributed by atoms with van der Waals surface area (Å²) in [6.45, 7) is 4.61. The van der Waals surface area contributed by atoms with E-state index in [-0.39, 0.29) is 17.9 Å². The quantitative estimate of drug-likeness (QED) is 0.792. The molecule has 0 aliphatic carbocycles. The lowest BCUT2D eigenvalue weighted by Crippen LogP contribution is -2.50. The number of carbonyl (C=O) groups excluding carboxylic acids is 2. The van der Waals surface area contributed by atoms with Gasteiger partial charge in [0.2, 0.25) is 5.91 Å². The van der Waals surface area contributed by atoms with Crippen LogP contribution in [-0.4, -0.2) is 66.6 Å². The number of amides is 2. The van der Waals surface area contributed by atoms with Gasteiger partial charge in [0.05, 0.1) is 24.6 Å². The second-order valence-corrected chi connectivity index (χ2v) is 8.40. The van der Waals surface area contributed by atoms with E-state index in [1.807, 2.05) is 49.4 Å². The molecule has 6 nitrogen and oxygen atoms in total. The summed E-state index contributed by atoms with van der Waals surface area (Å²) in [5.41, 5.74) is 0. The Morgan fingerprint density at radius 3 is 2.54 bits per heavy atom. The Labute approximate surface area is 168 Å². The van der Waals surface area contributed by atoms with Crippen molar-refractivity contribution in [1.29, 1.82) is 0 Å². The van der Waals surface area contributed by atoms with E-state index in [4.69, 9.17) is 9.47 Å². The largest absolute Gasteiger partial charge is 0.488 e. The Bertz CT molecular complexity index is 832. The second-order valence-electron chi connectivity index (χ2n) is 7.11. The van der Waals surface area contributed by atoms with Gasteiger partial charge >= 0.3 is 0 Å². The summed E-state index contributed by atoms with van der Waals surface area (Å²) in [5.74, 6) is 0.652. The van der Waals surface area contributed by atoms with Crippen LogP contribution in [0.3, 0.4) is 0 Å². The maximum absolute atomic E-state index is 13.2. The van der Waals surface area contributed by atoms with Gasteiger partial charge in [-0.05, 0) is 31.2 Å². The molecular weight excluding hydrogens is 376 g/mol. The van der Waals surface area contributed by atoms with Crippen molar-refractivity contribution in [3.05, 3.63) is 52.2 Å². The standard InChI is InChI=1S/C21H24N2O4S/c1-15-7-8-19(28-15)21(25)23-14-17(27-16-5-3-2-4-6-16)13-18(23)20(24)22-9-11-26-12-10-22/h2-8,17-18H,9-14H2,1H3/t17-,18-/m0/s1. The third-order valence-electron chi connectivity index (χ3n) is 5.13. The Hall–Kier alpha value is -2.38. The van der Waals surface area contributed by atoms with Crippen molar-refractivity contribution in [2.24, 2.45) is 0 Å². The van der Waals surface area contributed by atoms with E-state index in [0.29, 0.717) is 44.1 Å². The molecule has 2 amide bonds. The average molecular weight is 401 g/mol. The van der Waals surface area contributed by atoms with Crippen LogP contribution in [-0.2, 0) is 9.53 Å². The summed E-state index contributed by atoms with van der Waals surface area (Å²) >= 11 is 1.46. The van der Waals surface area contributed by atoms with Crippen molar-refractivity contribution < 1.29 is 19.1 Å². The minimum atomic E-state index is -0.498. The summed E-state index contributed by atoms with van der Waals surface area (Å²) in [6.07, 6.45) is 0.295. The molecule has 1 aromatic heterocycles. The van der Waals surface area contributed by atoms with Gasteiger partial charge in [-0.25, -0.2) is 0 Å². The first-order chi connectivity index (χ1) is 13.6. The van der Waals surface area contributed by atoms with E-state index < -0.39 is 6.04 Å².